The lowest BCUT2D eigenvalue weighted by Crippen LogP contribution is -2.56. The molecule has 0 unspecified atom stereocenters. The minimum absolute atomic E-state index is 0.00940. The van der Waals surface area contributed by atoms with E-state index in [-0.39, 0.29) is 17.2 Å². The second kappa shape index (κ2) is 8.61. The fourth-order valence-corrected chi connectivity index (χ4v) is 4.27. The minimum atomic E-state index is -2.12. The Kier molecular flexibility index (Phi) is 7.61. The van der Waals surface area contributed by atoms with E-state index in [4.69, 9.17) is 19.4 Å². The predicted octanol–water partition coefficient (Wildman–Crippen LogP) is 5.45. The van der Waals surface area contributed by atoms with Gasteiger partial charge < -0.3 is 13.9 Å². The van der Waals surface area contributed by atoms with Crippen molar-refractivity contribution in [2.45, 2.75) is 103 Å². The summed E-state index contributed by atoms with van der Waals surface area (Å²) in [7, 11) is -2.12. The first-order chi connectivity index (χ1) is 12.5. The number of nitrogens with zero attached hydrogens (tertiary/aromatic N) is 4. The number of ether oxygens (including phenoxy) is 2. The SMILES string of the molecule is CC(C)(C)OC(=O)N1[C@@H]([C@@H](CCN=[N+]=[N-])O[Si](C)(C)C(C)(C)C)COC1(C)C. The minimum Gasteiger partial charge on any atom is -0.444 e. The Morgan fingerprint density at radius 2 is 1.89 bits per heavy atom. The molecule has 0 saturated carbocycles. The molecule has 0 bridgehead atoms. The number of hydrogen-bond acceptors (Lipinski definition) is 5. The van der Waals surface area contributed by atoms with Crippen LogP contribution in [-0.2, 0) is 13.9 Å². The van der Waals surface area contributed by atoms with Gasteiger partial charge in [-0.3, -0.25) is 4.90 Å². The van der Waals surface area contributed by atoms with E-state index in [1.807, 2.05) is 34.6 Å². The highest BCUT2D eigenvalue weighted by Gasteiger charge is 2.50. The van der Waals surface area contributed by atoms with Gasteiger partial charge in [0, 0.05) is 11.5 Å². The summed E-state index contributed by atoms with van der Waals surface area (Å²) >= 11 is 0. The molecule has 1 aliphatic rings. The van der Waals surface area contributed by atoms with Crippen LogP contribution < -0.4 is 0 Å². The molecule has 1 aliphatic heterocycles. The predicted molar refractivity (Wildman–Crippen MR) is 113 cm³/mol. The second-order valence-corrected chi connectivity index (χ2v) is 15.1. The van der Waals surface area contributed by atoms with Gasteiger partial charge >= 0.3 is 6.09 Å². The van der Waals surface area contributed by atoms with Gasteiger partial charge in [-0.25, -0.2) is 4.79 Å². The van der Waals surface area contributed by atoms with Gasteiger partial charge in [0.15, 0.2) is 8.32 Å². The van der Waals surface area contributed by atoms with Crippen molar-refractivity contribution in [3.05, 3.63) is 10.4 Å². The number of amides is 1. The number of carbonyl (C=O) groups excluding carboxylic acids is 1. The average molecular weight is 415 g/mol. The quantitative estimate of drug-likeness (QED) is 0.250. The van der Waals surface area contributed by atoms with Crippen LogP contribution in [0.2, 0.25) is 18.1 Å². The summed E-state index contributed by atoms with van der Waals surface area (Å²) in [4.78, 5) is 17.5. The van der Waals surface area contributed by atoms with Crippen LogP contribution in [-0.4, -0.2) is 55.9 Å². The molecule has 1 amide bonds. The van der Waals surface area contributed by atoms with Gasteiger partial charge in [0.1, 0.15) is 11.3 Å². The van der Waals surface area contributed by atoms with Crippen molar-refractivity contribution in [2.75, 3.05) is 13.2 Å². The molecule has 0 spiro atoms. The van der Waals surface area contributed by atoms with E-state index >= 15 is 0 Å². The smallest absolute Gasteiger partial charge is 0.412 e. The van der Waals surface area contributed by atoms with Crippen LogP contribution in [0.5, 0.6) is 0 Å². The highest BCUT2D eigenvalue weighted by Crippen LogP contribution is 2.40. The molecular weight excluding hydrogens is 376 g/mol. The standard InChI is InChI=1S/C19H38N4O4Si/c1-17(2,3)26-16(24)23-14(13-25-19(23,7)8)15(11-12-21-22-20)27-28(9,10)18(4,5)6/h14-15H,11-13H2,1-10H3/t14-,15-/m1/s1. The maximum Gasteiger partial charge on any atom is 0.412 e. The summed E-state index contributed by atoms with van der Waals surface area (Å²) in [5.41, 5.74) is 7.26. The number of hydrogen-bond donors (Lipinski definition) is 0. The van der Waals surface area contributed by atoms with Crippen LogP contribution in [0.1, 0.15) is 61.8 Å². The highest BCUT2D eigenvalue weighted by molar-refractivity contribution is 6.74. The Hall–Kier alpha value is -1.28. The van der Waals surface area contributed by atoms with Crippen LogP contribution in [0.3, 0.4) is 0 Å². The first-order valence-corrected chi connectivity index (χ1v) is 12.8. The van der Waals surface area contributed by atoms with Crippen LogP contribution in [0, 0.1) is 0 Å². The molecule has 1 rings (SSSR count). The summed E-state index contributed by atoms with van der Waals surface area (Å²) in [6.45, 7) is 20.7. The summed E-state index contributed by atoms with van der Waals surface area (Å²) in [5, 5.41) is 3.69. The molecule has 1 heterocycles. The zero-order chi connectivity index (χ0) is 22.0. The summed E-state index contributed by atoms with van der Waals surface area (Å²) in [6.07, 6.45) is -0.215. The van der Waals surface area contributed by atoms with Gasteiger partial charge in [-0.2, -0.15) is 0 Å². The largest absolute Gasteiger partial charge is 0.444 e. The maximum atomic E-state index is 13.0. The van der Waals surface area contributed by atoms with Gasteiger partial charge in [-0.05, 0) is 64.7 Å². The monoisotopic (exact) mass is 414 g/mol. The summed E-state index contributed by atoms with van der Waals surface area (Å²) in [5.74, 6) is 0. The van der Waals surface area contributed by atoms with E-state index in [1.165, 1.54) is 0 Å². The van der Waals surface area contributed by atoms with Crippen molar-refractivity contribution >= 4 is 14.4 Å². The second-order valence-electron chi connectivity index (χ2n) is 10.3. The van der Waals surface area contributed by atoms with Gasteiger partial charge in [0.25, 0.3) is 0 Å². The Morgan fingerprint density at radius 3 is 2.36 bits per heavy atom. The number of azide groups is 1. The molecule has 0 N–H and O–H groups in total. The summed E-state index contributed by atoms with van der Waals surface area (Å²) in [6, 6.07) is -0.312. The molecule has 1 saturated heterocycles. The van der Waals surface area contributed by atoms with E-state index in [1.54, 1.807) is 4.90 Å². The first kappa shape index (κ1) is 24.8. The molecule has 2 atom stereocenters. The van der Waals surface area contributed by atoms with E-state index in [0.29, 0.717) is 19.6 Å². The topological polar surface area (TPSA) is 96.8 Å². The Balaban J connectivity index is 3.21. The van der Waals surface area contributed by atoms with Crippen LogP contribution in [0.25, 0.3) is 10.4 Å². The van der Waals surface area contributed by atoms with E-state index in [9.17, 15) is 4.79 Å². The molecule has 1 fully saturated rings. The van der Waals surface area contributed by atoms with Crippen LogP contribution >= 0.6 is 0 Å². The molecule has 9 heteroatoms. The van der Waals surface area contributed by atoms with Crippen molar-refractivity contribution in [2.24, 2.45) is 5.11 Å². The molecule has 162 valence electrons. The summed E-state index contributed by atoms with van der Waals surface area (Å²) < 4.78 is 18.3. The van der Waals surface area contributed by atoms with Crippen molar-refractivity contribution in [1.29, 1.82) is 0 Å². The van der Waals surface area contributed by atoms with Crippen LogP contribution in [0.15, 0.2) is 5.11 Å². The van der Waals surface area contributed by atoms with Gasteiger partial charge in [0.05, 0.1) is 18.8 Å². The first-order valence-electron chi connectivity index (χ1n) is 9.87. The zero-order valence-corrected chi connectivity index (χ0v) is 20.2. The molecule has 0 radical (unpaired) electrons. The van der Waals surface area contributed by atoms with Gasteiger partial charge in [-0.15, -0.1) is 0 Å². The van der Waals surface area contributed by atoms with Crippen molar-refractivity contribution in [3.63, 3.8) is 0 Å². The van der Waals surface area contributed by atoms with Crippen molar-refractivity contribution in [3.8, 4) is 0 Å². The molecule has 28 heavy (non-hydrogen) atoms. The van der Waals surface area contributed by atoms with Gasteiger partial charge in [-0.1, -0.05) is 25.9 Å². The molecule has 8 nitrogen and oxygen atoms in total. The Labute approximate surface area is 170 Å². The lowest BCUT2D eigenvalue weighted by Gasteiger charge is -2.43. The third-order valence-electron chi connectivity index (χ3n) is 5.37. The fourth-order valence-electron chi connectivity index (χ4n) is 2.89. The number of carbonyl (C=O) groups is 1. The van der Waals surface area contributed by atoms with E-state index in [0.717, 1.165) is 0 Å². The third kappa shape index (κ3) is 6.37. The molecule has 0 aromatic rings. The van der Waals surface area contributed by atoms with E-state index in [2.05, 4.69) is 43.9 Å². The molecule has 0 aliphatic carbocycles. The van der Waals surface area contributed by atoms with E-state index < -0.39 is 25.7 Å². The Bertz CT molecular complexity index is 604. The van der Waals surface area contributed by atoms with Gasteiger partial charge in [0.2, 0.25) is 0 Å². The average Bonchev–Trinajstić information content (AvgIpc) is 2.78. The van der Waals surface area contributed by atoms with Crippen molar-refractivity contribution in [1.82, 2.24) is 4.90 Å². The lowest BCUT2D eigenvalue weighted by molar-refractivity contribution is -0.0673. The highest BCUT2D eigenvalue weighted by atomic mass is 28.4. The molecule has 0 aromatic heterocycles. The normalized spacial score (nSPS) is 21.2. The fraction of sp³-hybridized carbons (Fsp3) is 0.947. The van der Waals surface area contributed by atoms with Crippen LogP contribution in [0.4, 0.5) is 4.79 Å². The van der Waals surface area contributed by atoms with Crippen molar-refractivity contribution < 1.29 is 18.7 Å². The molecule has 0 aromatic carbocycles. The maximum absolute atomic E-state index is 13.0. The lowest BCUT2D eigenvalue weighted by atomic mass is 10.1. The number of rotatable bonds is 6. The Morgan fingerprint density at radius 1 is 1.32 bits per heavy atom. The molecular formula is C19H38N4O4Si. The zero-order valence-electron chi connectivity index (χ0n) is 19.2. The third-order valence-corrected chi connectivity index (χ3v) is 9.87.